The number of rotatable bonds is 9. The number of methoxy groups -OCH3 is 1. The van der Waals surface area contributed by atoms with E-state index in [0.29, 0.717) is 22.8 Å². The van der Waals surface area contributed by atoms with Crippen molar-refractivity contribution < 1.29 is 18.7 Å². The van der Waals surface area contributed by atoms with Gasteiger partial charge in [-0.3, -0.25) is 0 Å². The average molecular weight is 382 g/mol. The molecule has 0 aliphatic rings. The third-order valence-electron chi connectivity index (χ3n) is 3.70. The largest absolute Gasteiger partial charge is 0.493 e. The normalized spacial score (nSPS) is 12.3. The summed E-state index contributed by atoms with van der Waals surface area (Å²) >= 11 is 0. The van der Waals surface area contributed by atoms with Crippen molar-refractivity contribution in [3.63, 3.8) is 0 Å². The van der Waals surface area contributed by atoms with Crippen molar-refractivity contribution in [2.45, 2.75) is 6.30 Å². The molecule has 0 amide bonds. The molecule has 8 heteroatoms. The lowest BCUT2D eigenvalue weighted by molar-refractivity contribution is 0.168. The van der Waals surface area contributed by atoms with E-state index in [1.54, 1.807) is 43.5 Å². The third-order valence-corrected chi connectivity index (χ3v) is 3.70. The second-order valence-corrected chi connectivity index (χ2v) is 5.55. The highest BCUT2D eigenvalue weighted by molar-refractivity contribution is 6.02. The Labute approximate surface area is 161 Å². The minimum absolute atomic E-state index is 0.0520. The van der Waals surface area contributed by atoms with Crippen LogP contribution in [0.25, 0.3) is 0 Å². The molecule has 3 aromatic rings. The van der Waals surface area contributed by atoms with Crippen LogP contribution in [0.2, 0.25) is 0 Å². The van der Waals surface area contributed by atoms with Crippen molar-refractivity contribution in [2.75, 3.05) is 13.7 Å². The Morgan fingerprint density at radius 2 is 1.96 bits per heavy atom. The predicted octanol–water partition coefficient (Wildman–Crippen LogP) is 4.15. The van der Waals surface area contributed by atoms with E-state index in [4.69, 9.17) is 14.3 Å². The third kappa shape index (κ3) is 4.53. The first-order valence-corrected chi connectivity index (χ1v) is 8.43. The molecule has 28 heavy (non-hydrogen) atoms. The molecule has 0 fully saturated rings. The van der Waals surface area contributed by atoms with E-state index >= 15 is 0 Å². The standard InChI is InChI=1S/C20H19FN4O3/c1-3-12-27-24-19(20(21)25-14-22-13-23-25)15-8-10-16(11-9-15)28-18-7-5-4-6-17(18)26-2/h3-11,13-14,20H,1,12H2,2H3. The van der Waals surface area contributed by atoms with Crippen molar-refractivity contribution in [3.05, 3.63) is 79.4 Å². The minimum atomic E-state index is -1.66. The van der Waals surface area contributed by atoms with Crippen molar-refractivity contribution in [1.29, 1.82) is 0 Å². The van der Waals surface area contributed by atoms with Gasteiger partial charge in [0.05, 0.1) is 7.11 Å². The number of aromatic nitrogens is 3. The Hall–Kier alpha value is -3.68. The molecule has 0 aliphatic carbocycles. The van der Waals surface area contributed by atoms with Gasteiger partial charge in [-0.2, -0.15) is 5.10 Å². The van der Waals surface area contributed by atoms with Gasteiger partial charge in [0.1, 0.15) is 30.7 Å². The quantitative estimate of drug-likeness (QED) is 0.241. The number of oxime groups is 1. The van der Waals surface area contributed by atoms with Gasteiger partial charge in [0.2, 0.25) is 6.30 Å². The van der Waals surface area contributed by atoms with Gasteiger partial charge in [0.15, 0.2) is 11.5 Å². The monoisotopic (exact) mass is 382 g/mol. The molecule has 7 nitrogen and oxygen atoms in total. The molecule has 0 radical (unpaired) electrons. The fraction of sp³-hybridized carbons (Fsp3) is 0.150. The summed E-state index contributed by atoms with van der Waals surface area (Å²) in [5.74, 6) is 1.75. The van der Waals surface area contributed by atoms with E-state index in [1.807, 2.05) is 12.1 Å². The van der Waals surface area contributed by atoms with E-state index in [-0.39, 0.29) is 12.3 Å². The van der Waals surface area contributed by atoms with Crippen molar-refractivity contribution in [2.24, 2.45) is 5.16 Å². The highest BCUT2D eigenvalue weighted by Crippen LogP contribution is 2.31. The zero-order chi connectivity index (χ0) is 19.8. The molecule has 1 aromatic heterocycles. The number of ether oxygens (including phenoxy) is 2. The molecule has 0 bridgehead atoms. The number of para-hydroxylation sites is 2. The maximum atomic E-state index is 14.9. The number of halogens is 1. The molecule has 3 rings (SSSR count). The van der Waals surface area contributed by atoms with Gasteiger partial charge in [-0.25, -0.2) is 14.1 Å². The summed E-state index contributed by atoms with van der Waals surface area (Å²) < 4.78 is 27.0. The summed E-state index contributed by atoms with van der Waals surface area (Å²) in [6.45, 7) is 3.70. The summed E-state index contributed by atoms with van der Waals surface area (Å²) in [4.78, 5) is 8.86. The van der Waals surface area contributed by atoms with Crippen molar-refractivity contribution >= 4 is 5.71 Å². The zero-order valence-corrected chi connectivity index (χ0v) is 15.2. The van der Waals surface area contributed by atoms with Crippen LogP contribution in [0.4, 0.5) is 4.39 Å². The van der Waals surface area contributed by atoms with Gasteiger partial charge in [-0.15, -0.1) is 0 Å². The highest BCUT2D eigenvalue weighted by atomic mass is 19.1. The Balaban J connectivity index is 1.83. The molecule has 2 aromatic carbocycles. The molecule has 1 unspecified atom stereocenters. The zero-order valence-electron chi connectivity index (χ0n) is 15.2. The SMILES string of the molecule is C=CCON=C(c1ccc(Oc2ccccc2OC)cc1)C(F)n1cncn1. The lowest BCUT2D eigenvalue weighted by atomic mass is 10.1. The van der Waals surface area contributed by atoms with Crippen LogP contribution in [0.5, 0.6) is 17.2 Å². The fourth-order valence-corrected chi connectivity index (χ4v) is 2.38. The molecule has 1 atom stereocenters. The lowest BCUT2D eigenvalue weighted by Crippen LogP contribution is -2.17. The van der Waals surface area contributed by atoms with Crippen LogP contribution in [0.15, 0.2) is 79.0 Å². The van der Waals surface area contributed by atoms with Crippen LogP contribution < -0.4 is 9.47 Å². The number of nitrogens with zero attached hydrogens (tertiary/aromatic N) is 4. The van der Waals surface area contributed by atoms with Crippen LogP contribution in [0, 0.1) is 0 Å². The van der Waals surface area contributed by atoms with E-state index in [0.717, 1.165) is 4.68 Å². The number of benzene rings is 2. The summed E-state index contributed by atoms with van der Waals surface area (Å²) in [5.41, 5.74) is 0.565. The smallest absolute Gasteiger partial charge is 0.239 e. The molecular weight excluding hydrogens is 363 g/mol. The van der Waals surface area contributed by atoms with Gasteiger partial charge < -0.3 is 14.3 Å². The highest BCUT2D eigenvalue weighted by Gasteiger charge is 2.21. The van der Waals surface area contributed by atoms with Gasteiger partial charge in [0, 0.05) is 5.56 Å². The van der Waals surface area contributed by atoms with Crippen LogP contribution >= 0.6 is 0 Å². The van der Waals surface area contributed by atoms with E-state index in [1.165, 1.54) is 18.7 Å². The maximum absolute atomic E-state index is 14.9. The summed E-state index contributed by atoms with van der Waals surface area (Å²) in [5, 5.41) is 7.72. The molecule has 144 valence electrons. The van der Waals surface area contributed by atoms with E-state index < -0.39 is 6.30 Å². The molecule has 0 saturated carbocycles. The van der Waals surface area contributed by atoms with Crippen LogP contribution in [-0.4, -0.2) is 34.2 Å². The Morgan fingerprint density at radius 1 is 1.21 bits per heavy atom. The van der Waals surface area contributed by atoms with Gasteiger partial charge in [-0.1, -0.05) is 29.9 Å². The average Bonchev–Trinajstić information content (AvgIpc) is 3.27. The minimum Gasteiger partial charge on any atom is -0.493 e. The lowest BCUT2D eigenvalue weighted by Gasteiger charge is -2.13. The van der Waals surface area contributed by atoms with E-state index in [9.17, 15) is 4.39 Å². The van der Waals surface area contributed by atoms with E-state index in [2.05, 4.69) is 21.8 Å². The molecular formula is C20H19FN4O3. The van der Waals surface area contributed by atoms with Gasteiger partial charge in [-0.05, 0) is 36.4 Å². The number of alkyl halides is 1. The first-order valence-electron chi connectivity index (χ1n) is 8.43. The van der Waals surface area contributed by atoms with Crippen molar-refractivity contribution in [1.82, 2.24) is 14.8 Å². The van der Waals surface area contributed by atoms with Gasteiger partial charge in [0.25, 0.3) is 0 Å². The first-order chi connectivity index (χ1) is 13.7. The summed E-state index contributed by atoms with van der Waals surface area (Å²) in [6.07, 6.45) is 2.38. The van der Waals surface area contributed by atoms with Crippen LogP contribution in [0.1, 0.15) is 11.9 Å². The number of hydrogen-bond acceptors (Lipinski definition) is 6. The molecule has 0 saturated heterocycles. The molecule has 0 aliphatic heterocycles. The predicted molar refractivity (Wildman–Crippen MR) is 102 cm³/mol. The fourth-order valence-electron chi connectivity index (χ4n) is 2.38. The Bertz CT molecular complexity index is 927. The molecule has 0 spiro atoms. The van der Waals surface area contributed by atoms with Crippen LogP contribution in [-0.2, 0) is 4.84 Å². The maximum Gasteiger partial charge on any atom is 0.239 e. The first kappa shape index (κ1) is 19.1. The van der Waals surface area contributed by atoms with Gasteiger partial charge >= 0.3 is 0 Å². The van der Waals surface area contributed by atoms with Crippen LogP contribution in [0.3, 0.4) is 0 Å². The number of hydrogen-bond donors (Lipinski definition) is 0. The summed E-state index contributed by atoms with van der Waals surface area (Å²) in [7, 11) is 1.57. The Kier molecular flexibility index (Phi) is 6.35. The summed E-state index contributed by atoms with van der Waals surface area (Å²) in [6, 6.07) is 14.1. The second kappa shape index (κ2) is 9.31. The molecule has 1 heterocycles. The molecule has 0 N–H and O–H groups in total. The van der Waals surface area contributed by atoms with Crippen molar-refractivity contribution in [3.8, 4) is 17.2 Å². The second-order valence-electron chi connectivity index (χ2n) is 5.55. The Morgan fingerprint density at radius 3 is 2.61 bits per heavy atom. The topological polar surface area (TPSA) is 70.8 Å².